The first-order valence-corrected chi connectivity index (χ1v) is 5.09. The predicted molar refractivity (Wildman–Crippen MR) is 60.7 cm³/mol. The van der Waals surface area contributed by atoms with E-state index in [2.05, 4.69) is 4.74 Å². The molecule has 1 aromatic rings. The third kappa shape index (κ3) is 2.95. The van der Waals surface area contributed by atoms with E-state index >= 15 is 0 Å². The molecule has 0 fully saturated rings. The Bertz CT molecular complexity index is 402. The maximum absolute atomic E-state index is 11.1. The van der Waals surface area contributed by atoms with Crippen molar-refractivity contribution in [2.24, 2.45) is 0 Å². The molecule has 2 unspecified atom stereocenters. The maximum atomic E-state index is 11.1. The van der Waals surface area contributed by atoms with Crippen molar-refractivity contribution in [1.82, 2.24) is 0 Å². The molecule has 2 N–H and O–H groups in total. The van der Waals surface area contributed by atoms with Crippen LogP contribution >= 0.6 is 0 Å². The van der Waals surface area contributed by atoms with Gasteiger partial charge in [-0.15, -0.1) is 0 Å². The Morgan fingerprint density at radius 3 is 2.47 bits per heavy atom. The van der Waals surface area contributed by atoms with Gasteiger partial charge in [0.1, 0.15) is 11.9 Å². The summed E-state index contributed by atoms with van der Waals surface area (Å²) in [7, 11) is 2.59. The second-order valence-electron chi connectivity index (χ2n) is 3.66. The Kier molecular flexibility index (Phi) is 4.48. The molecule has 0 heterocycles. The molecule has 17 heavy (non-hydrogen) atoms. The van der Waals surface area contributed by atoms with Crippen molar-refractivity contribution in [3.8, 4) is 5.75 Å². The minimum atomic E-state index is -1.63. The Balaban J connectivity index is 3.05. The van der Waals surface area contributed by atoms with Gasteiger partial charge in [-0.3, -0.25) is 0 Å². The number of aliphatic hydroxyl groups is 2. The SMILES string of the molecule is COC(=O)C(O)C(O)c1cc(C)ccc1OC. The minimum absolute atomic E-state index is 0.352. The van der Waals surface area contributed by atoms with Crippen LogP contribution in [0.5, 0.6) is 5.75 Å². The number of carbonyl (C=O) groups excluding carboxylic acids is 1. The molecule has 1 rings (SSSR count). The summed E-state index contributed by atoms with van der Waals surface area (Å²) >= 11 is 0. The summed E-state index contributed by atoms with van der Waals surface area (Å²) in [6, 6.07) is 5.12. The molecule has 5 nitrogen and oxygen atoms in total. The summed E-state index contributed by atoms with van der Waals surface area (Å²) in [5.41, 5.74) is 1.24. The number of hydrogen-bond acceptors (Lipinski definition) is 5. The Hall–Kier alpha value is -1.59. The smallest absolute Gasteiger partial charge is 0.337 e. The Morgan fingerprint density at radius 1 is 1.29 bits per heavy atom. The highest BCUT2D eigenvalue weighted by Gasteiger charge is 2.28. The summed E-state index contributed by atoms with van der Waals surface area (Å²) in [5.74, 6) is -0.480. The largest absolute Gasteiger partial charge is 0.496 e. The van der Waals surface area contributed by atoms with Crippen LogP contribution in [0.2, 0.25) is 0 Å². The molecular weight excluding hydrogens is 224 g/mol. The van der Waals surface area contributed by atoms with Gasteiger partial charge in [0.2, 0.25) is 0 Å². The Labute approximate surface area is 99.6 Å². The zero-order valence-corrected chi connectivity index (χ0v) is 10.0. The standard InChI is InChI=1S/C12H16O5/c1-7-4-5-9(16-2)8(6-7)10(13)11(14)12(15)17-3/h4-6,10-11,13-14H,1-3H3. The van der Waals surface area contributed by atoms with Crippen LogP contribution in [0.4, 0.5) is 0 Å². The summed E-state index contributed by atoms with van der Waals surface area (Å²) in [5, 5.41) is 19.5. The normalized spacial score (nSPS) is 13.9. The van der Waals surface area contributed by atoms with Crippen molar-refractivity contribution in [2.45, 2.75) is 19.1 Å². The molecule has 0 aliphatic carbocycles. The fourth-order valence-corrected chi connectivity index (χ4v) is 1.50. The number of aryl methyl sites for hydroxylation is 1. The van der Waals surface area contributed by atoms with Gasteiger partial charge in [-0.25, -0.2) is 4.79 Å². The fourth-order valence-electron chi connectivity index (χ4n) is 1.50. The van der Waals surface area contributed by atoms with E-state index in [1.54, 1.807) is 18.2 Å². The summed E-state index contributed by atoms with van der Waals surface area (Å²) in [4.78, 5) is 11.1. The average Bonchev–Trinajstić information content (AvgIpc) is 2.35. The monoisotopic (exact) mass is 240 g/mol. The molecule has 0 aliphatic heterocycles. The van der Waals surface area contributed by atoms with E-state index < -0.39 is 18.2 Å². The van der Waals surface area contributed by atoms with E-state index in [0.29, 0.717) is 11.3 Å². The van der Waals surface area contributed by atoms with Crippen LogP contribution < -0.4 is 4.74 Å². The van der Waals surface area contributed by atoms with Gasteiger partial charge in [-0.1, -0.05) is 11.6 Å². The average molecular weight is 240 g/mol. The highest BCUT2D eigenvalue weighted by atomic mass is 16.5. The van der Waals surface area contributed by atoms with Crippen LogP contribution in [0.15, 0.2) is 18.2 Å². The summed E-state index contributed by atoms with van der Waals surface area (Å²) in [6.07, 6.45) is -3.01. The van der Waals surface area contributed by atoms with Crippen molar-refractivity contribution < 1.29 is 24.5 Å². The molecule has 0 amide bonds. The molecule has 94 valence electrons. The number of ether oxygens (including phenoxy) is 2. The van der Waals surface area contributed by atoms with E-state index in [1.165, 1.54) is 7.11 Å². The number of methoxy groups -OCH3 is 2. The van der Waals surface area contributed by atoms with Crippen molar-refractivity contribution in [1.29, 1.82) is 0 Å². The zero-order chi connectivity index (χ0) is 13.0. The number of hydrogen-bond donors (Lipinski definition) is 2. The van der Waals surface area contributed by atoms with Crippen molar-refractivity contribution in [3.63, 3.8) is 0 Å². The van der Waals surface area contributed by atoms with E-state index in [0.717, 1.165) is 12.7 Å². The summed E-state index contributed by atoms with van der Waals surface area (Å²) < 4.78 is 9.43. The molecule has 0 spiro atoms. The number of aliphatic hydroxyl groups excluding tert-OH is 2. The molecular formula is C12H16O5. The first kappa shape index (κ1) is 13.5. The van der Waals surface area contributed by atoms with E-state index in [1.807, 2.05) is 6.92 Å². The molecule has 0 radical (unpaired) electrons. The lowest BCUT2D eigenvalue weighted by Gasteiger charge is -2.18. The highest BCUT2D eigenvalue weighted by Crippen LogP contribution is 2.28. The van der Waals surface area contributed by atoms with Crippen LogP contribution in [-0.2, 0) is 9.53 Å². The van der Waals surface area contributed by atoms with Gasteiger partial charge >= 0.3 is 5.97 Å². The second kappa shape index (κ2) is 5.65. The van der Waals surface area contributed by atoms with E-state index in [9.17, 15) is 15.0 Å². The third-order valence-corrected chi connectivity index (χ3v) is 2.45. The quantitative estimate of drug-likeness (QED) is 0.752. The lowest BCUT2D eigenvalue weighted by Crippen LogP contribution is -2.29. The second-order valence-corrected chi connectivity index (χ2v) is 3.66. The van der Waals surface area contributed by atoms with E-state index in [-0.39, 0.29) is 0 Å². The van der Waals surface area contributed by atoms with Gasteiger partial charge in [0.25, 0.3) is 0 Å². The molecule has 0 aromatic heterocycles. The van der Waals surface area contributed by atoms with Gasteiger partial charge in [0, 0.05) is 5.56 Å². The number of rotatable bonds is 4. The molecule has 0 aliphatic rings. The van der Waals surface area contributed by atoms with Crippen LogP contribution in [0.1, 0.15) is 17.2 Å². The lowest BCUT2D eigenvalue weighted by molar-refractivity contribution is -0.156. The van der Waals surface area contributed by atoms with E-state index in [4.69, 9.17) is 4.74 Å². The number of carbonyl (C=O) groups is 1. The maximum Gasteiger partial charge on any atom is 0.337 e. The van der Waals surface area contributed by atoms with Gasteiger partial charge in [-0.05, 0) is 19.1 Å². The van der Waals surface area contributed by atoms with Gasteiger partial charge in [0.15, 0.2) is 6.10 Å². The number of esters is 1. The first-order chi connectivity index (χ1) is 8.01. The van der Waals surface area contributed by atoms with Gasteiger partial charge in [-0.2, -0.15) is 0 Å². The van der Waals surface area contributed by atoms with Crippen molar-refractivity contribution in [2.75, 3.05) is 14.2 Å². The molecule has 0 saturated heterocycles. The molecule has 0 saturated carbocycles. The highest BCUT2D eigenvalue weighted by molar-refractivity contribution is 5.75. The Morgan fingerprint density at radius 2 is 1.94 bits per heavy atom. The molecule has 1 aromatic carbocycles. The van der Waals surface area contributed by atoms with Crippen molar-refractivity contribution in [3.05, 3.63) is 29.3 Å². The summed E-state index contributed by atoms with van der Waals surface area (Å²) in [6.45, 7) is 1.83. The van der Waals surface area contributed by atoms with Crippen LogP contribution in [0.25, 0.3) is 0 Å². The van der Waals surface area contributed by atoms with Crippen molar-refractivity contribution >= 4 is 5.97 Å². The predicted octanol–water partition coefficient (Wildman–Crippen LogP) is 0.571. The molecule has 0 bridgehead atoms. The minimum Gasteiger partial charge on any atom is -0.496 e. The van der Waals surface area contributed by atoms with Crippen LogP contribution in [0.3, 0.4) is 0 Å². The fraction of sp³-hybridized carbons (Fsp3) is 0.417. The van der Waals surface area contributed by atoms with Crippen LogP contribution in [0, 0.1) is 6.92 Å². The molecule has 2 atom stereocenters. The van der Waals surface area contributed by atoms with Crippen LogP contribution in [-0.4, -0.2) is 36.5 Å². The molecule has 5 heteroatoms. The first-order valence-electron chi connectivity index (χ1n) is 5.09. The lowest BCUT2D eigenvalue weighted by atomic mass is 10.0. The van der Waals surface area contributed by atoms with Gasteiger partial charge < -0.3 is 19.7 Å². The third-order valence-electron chi connectivity index (χ3n) is 2.45. The number of benzene rings is 1. The zero-order valence-electron chi connectivity index (χ0n) is 10.0. The van der Waals surface area contributed by atoms with Gasteiger partial charge in [0.05, 0.1) is 14.2 Å². The topological polar surface area (TPSA) is 76.0 Å².